The minimum Gasteiger partial charge on any atom is -0.341 e. The third-order valence-corrected chi connectivity index (χ3v) is 2.92. The molecule has 2 aromatic rings. The summed E-state index contributed by atoms with van der Waals surface area (Å²) in [6, 6.07) is 10.4. The Kier molecular flexibility index (Phi) is 2.57. The maximum absolute atomic E-state index is 5.01. The summed E-state index contributed by atoms with van der Waals surface area (Å²) in [6.45, 7) is 0. The van der Waals surface area contributed by atoms with Gasteiger partial charge in [-0.15, -0.1) is 11.3 Å². The van der Waals surface area contributed by atoms with Crippen molar-refractivity contribution in [3.05, 3.63) is 50.9 Å². The van der Waals surface area contributed by atoms with Crippen LogP contribution in [0.5, 0.6) is 0 Å². The molecule has 1 aromatic heterocycles. The zero-order chi connectivity index (χ0) is 9.10. The number of aromatic amines is 1. The summed E-state index contributed by atoms with van der Waals surface area (Å²) < 4.78 is 0.853. The van der Waals surface area contributed by atoms with Crippen LogP contribution in [0.2, 0.25) is 0 Å². The van der Waals surface area contributed by atoms with Crippen LogP contribution in [0.3, 0.4) is 0 Å². The van der Waals surface area contributed by atoms with Gasteiger partial charge in [0.2, 0.25) is 0 Å². The van der Waals surface area contributed by atoms with Crippen LogP contribution < -0.4 is 0 Å². The third kappa shape index (κ3) is 2.26. The van der Waals surface area contributed by atoms with Gasteiger partial charge < -0.3 is 4.98 Å². The van der Waals surface area contributed by atoms with Gasteiger partial charge in [0, 0.05) is 17.5 Å². The fourth-order valence-electron chi connectivity index (χ4n) is 1.22. The Morgan fingerprint density at radius 2 is 2.00 bits per heavy atom. The molecular weight excluding hydrogens is 198 g/mol. The van der Waals surface area contributed by atoms with Crippen LogP contribution in [0.15, 0.2) is 35.7 Å². The molecule has 3 heteroatoms. The Bertz CT molecular complexity index is 427. The highest BCUT2D eigenvalue weighted by molar-refractivity contribution is 7.73. The van der Waals surface area contributed by atoms with Crippen molar-refractivity contribution < 1.29 is 0 Å². The van der Waals surface area contributed by atoms with Crippen LogP contribution in [0.1, 0.15) is 11.3 Å². The maximum Gasteiger partial charge on any atom is 0.158 e. The zero-order valence-electron chi connectivity index (χ0n) is 6.99. The summed E-state index contributed by atoms with van der Waals surface area (Å²) in [7, 11) is 0. The summed E-state index contributed by atoms with van der Waals surface area (Å²) in [4.78, 5) is 3.16. The van der Waals surface area contributed by atoms with E-state index in [0.717, 1.165) is 10.4 Å². The van der Waals surface area contributed by atoms with Gasteiger partial charge in [0.05, 0.1) is 0 Å². The lowest BCUT2D eigenvalue weighted by atomic mass is 10.1. The molecule has 0 amide bonds. The number of rotatable bonds is 2. The number of aromatic nitrogens is 1. The molecule has 1 N–H and O–H groups in total. The quantitative estimate of drug-likeness (QED) is 0.746. The Balaban J connectivity index is 2.20. The monoisotopic (exact) mass is 207 g/mol. The van der Waals surface area contributed by atoms with Crippen molar-refractivity contribution in [1.29, 1.82) is 0 Å². The predicted molar refractivity (Wildman–Crippen MR) is 58.8 cm³/mol. The average molecular weight is 207 g/mol. The number of thiazole rings is 1. The van der Waals surface area contributed by atoms with Crippen LogP contribution >= 0.6 is 23.6 Å². The number of benzene rings is 1. The largest absolute Gasteiger partial charge is 0.341 e. The van der Waals surface area contributed by atoms with Crippen molar-refractivity contribution in [3.8, 4) is 0 Å². The SMILES string of the molecule is S=c1[nH]c(Cc2ccccc2)cs1. The Morgan fingerprint density at radius 1 is 1.23 bits per heavy atom. The molecule has 0 aliphatic rings. The molecule has 0 unspecified atom stereocenters. The van der Waals surface area contributed by atoms with Crippen molar-refractivity contribution in [3.63, 3.8) is 0 Å². The standard InChI is InChI=1S/C10H9NS2/c12-10-11-9(7-13-10)6-8-4-2-1-3-5-8/h1-5,7H,6H2,(H,11,12). The van der Waals surface area contributed by atoms with Crippen molar-refractivity contribution in [2.24, 2.45) is 0 Å². The molecule has 66 valence electrons. The van der Waals surface area contributed by atoms with E-state index in [9.17, 15) is 0 Å². The molecule has 0 bridgehead atoms. The molecule has 0 aliphatic carbocycles. The molecular formula is C10H9NS2. The molecule has 1 nitrogen and oxygen atoms in total. The van der Waals surface area contributed by atoms with Gasteiger partial charge in [0.15, 0.2) is 3.95 Å². The number of hydrogen-bond donors (Lipinski definition) is 1. The fourth-order valence-corrected chi connectivity index (χ4v) is 2.07. The second kappa shape index (κ2) is 3.85. The van der Waals surface area contributed by atoms with Crippen molar-refractivity contribution in [1.82, 2.24) is 4.98 Å². The van der Waals surface area contributed by atoms with E-state index in [1.165, 1.54) is 11.3 Å². The third-order valence-electron chi connectivity index (χ3n) is 1.81. The normalized spacial score (nSPS) is 10.2. The summed E-state index contributed by atoms with van der Waals surface area (Å²) >= 11 is 6.59. The van der Waals surface area contributed by atoms with Gasteiger partial charge >= 0.3 is 0 Å². The first-order chi connectivity index (χ1) is 6.34. The van der Waals surface area contributed by atoms with Crippen molar-refractivity contribution in [2.45, 2.75) is 6.42 Å². The Hall–Kier alpha value is -0.930. The molecule has 0 radical (unpaired) electrons. The molecule has 0 atom stereocenters. The van der Waals surface area contributed by atoms with Crippen molar-refractivity contribution >= 4 is 23.6 Å². The summed E-state index contributed by atoms with van der Waals surface area (Å²) in [5, 5.41) is 2.08. The Morgan fingerprint density at radius 3 is 2.62 bits per heavy atom. The molecule has 1 aromatic carbocycles. The molecule has 0 spiro atoms. The highest BCUT2D eigenvalue weighted by Crippen LogP contribution is 2.10. The number of H-pyrrole nitrogens is 1. The van der Waals surface area contributed by atoms with E-state index < -0.39 is 0 Å². The van der Waals surface area contributed by atoms with Crippen LogP contribution in [-0.2, 0) is 6.42 Å². The van der Waals surface area contributed by atoms with Gasteiger partial charge in [-0.2, -0.15) is 0 Å². The first-order valence-corrected chi connectivity index (χ1v) is 5.34. The first kappa shape index (κ1) is 8.66. The van der Waals surface area contributed by atoms with Gasteiger partial charge in [-0.1, -0.05) is 30.3 Å². The topological polar surface area (TPSA) is 15.8 Å². The van der Waals surface area contributed by atoms with E-state index in [0.29, 0.717) is 0 Å². The first-order valence-electron chi connectivity index (χ1n) is 4.05. The van der Waals surface area contributed by atoms with E-state index in [-0.39, 0.29) is 0 Å². The van der Waals surface area contributed by atoms with E-state index >= 15 is 0 Å². The summed E-state index contributed by atoms with van der Waals surface area (Å²) in [5.74, 6) is 0. The molecule has 1 heterocycles. The molecule has 0 aliphatic heterocycles. The molecule has 0 fully saturated rings. The van der Waals surface area contributed by atoms with E-state index in [2.05, 4.69) is 34.6 Å². The van der Waals surface area contributed by atoms with Crippen LogP contribution in [0, 0.1) is 3.95 Å². The molecule has 0 saturated carbocycles. The maximum atomic E-state index is 5.01. The lowest BCUT2D eigenvalue weighted by molar-refractivity contribution is 1.10. The van der Waals surface area contributed by atoms with Crippen LogP contribution in [-0.4, -0.2) is 4.98 Å². The summed E-state index contributed by atoms with van der Waals surface area (Å²) in [5.41, 5.74) is 2.51. The second-order valence-corrected chi connectivity index (χ2v) is 4.38. The van der Waals surface area contributed by atoms with Crippen LogP contribution in [0.4, 0.5) is 0 Å². The highest BCUT2D eigenvalue weighted by Gasteiger charge is 1.95. The molecule has 2 rings (SSSR count). The highest BCUT2D eigenvalue weighted by atomic mass is 32.1. The smallest absolute Gasteiger partial charge is 0.158 e. The van der Waals surface area contributed by atoms with Crippen molar-refractivity contribution in [2.75, 3.05) is 0 Å². The average Bonchev–Trinajstić information content (AvgIpc) is 2.53. The van der Waals surface area contributed by atoms with Gasteiger partial charge in [-0.3, -0.25) is 0 Å². The molecule has 13 heavy (non-hydrogen) atoms. The molecule has 0 saturated heterocycles. The van der Waals surface area contributed by atoms with Gasteiger partial charge in [0.1, 0.15) is 0 Å². The number of nitrogens with one attached hydrogen (secondary N) is 1. The van der Waals surface area contributed by atoms with Crippen LogP contribution in [0.25, 0.3) is 0 Å². The lowest BCUT2D eigenvalue weighted by Crippen LogP contribution is -1.86. The van der Waals surface area contributed by atoms with E-state index in [1.807, 2.05) is 6.07 Å². The number of hydrogen-bond acceptors (Lipinski definition) is 2. The minimum atomic E-state index is 0.853. The minimum absolute atomic E-state index is 0.853. The van der Waals surface area contributed by atoms with E-state index in [1.54, 1.807) is 11.3 Å². The predicted octanol–water partition coefficient (Wildman–Crippen LogP) is 3.40. The fraction of sp³-hybridized carbons (Fsp3) is 0.100. The zero-order valence-corrected chi connectivity index (χ0v) is 8.62. The van der Waals surface area contributed by atoms with Gasteiger partial charge in [-0.05, 0) is 17.8 Å². The van der Waals surface area contributed by atoms with Gasteiger partial charge in [-0.25, -0.2) is 0 Å². The van der Waals surface area contributed by atoms with E-state index in [4.69, 9.17) is 12.2 Å². The second-order valence-electron chi connectivity index (χ2n) is 2.84. The summed E-state index contributed by atoms with van der Waals surface area (Å²) in [6.07, 6.45) is 0.938. The van der Waals surface area contributed by atoms with Gasteiger partial charge in [0.25, 0.3) is 0 Å². The Labute approximate surface area is 86.1 Å². The lowest BCUT2D eigenvalue weighted by Gasteiger charge is -1.96.